The Bertz CT molecular complexity index is 782. The van der Waals surface area contributed by atoms with E-state index in [1.54, 1.807) is 4.90 Å². The molecule has 2 aromatic carbocycles. The summed E-state index contributed by atoms with van der Waals surface area (Å²) < 4.78 is 5.58. The molecule has 0 aliphatic carbocycles. The van der Waals surface area contributed by atoms with Crippen molar-refractivity contribution in [1.29, 1.82) is 0 Å². The molecule has 1 fully saturated rings. The van der Waals surface area contributed by atoms with Gasteiger partial charge in [0.05, 0.1) is 0 Å². The lowest BCUT2D eigenvalue weighted by atomic mass is 9.96. The fourth-order valence-corrected chi connectivity index (χ4v) is 3.56. The molecular weight excluding hydrogens is 364 g/mol. The summed E-state index contributed by atoms with van der Waals surface area (Å²) in [4.78, 5) is 26.5. The van der Waals surface area contributed by atoms with Gasteiger partial charge in [-0.15, -0.1) is 0 Å². The molecule has 2 amide bonds. The molecule has 0 saturated carbocycles. The first-order valence-corrected chi connectivity index (χ1v) is 10.4. The summed E-state index contributed by atoms with van der Waals surface area (Å²) >= 11 is 0. The van der Waals surface area contributed by atoms with Gasteiger partial charge in [0.25, 0.3) is 5.91 Å². The molecule has 0 bridgehead atoms. The second kappa shape index (κ2) is 10.6. The van der Waals surface area contributed by atoms with Gasteiger partial charge in [-0.1, -0.05) is 48.0 Å². The maximum absolute atomic E-state index is 12.4. The zero-order valence-corrected chi connectivity index (χ0v) is 17.1. The van der Waals surface area contributed by atoms with Crippen molar-refractivity contribution in [2.24, 2.45) is 5.92 Å². The summed E-state index contributed by atoms with van der Waals surface area (Å²) in [6.45, 7) is 3.96. The molecule has 1 aliphatic rings. The Labute approximate surface area is 173 Å². The molecule has 0 radical (unpaired) electrons. The molecule has 3 rings (SSSR count). The van der Waals surface area contributed by atoms with Crippen LogP contribution in [0, 0.1) is 12.8 Å². The molecule has 1 aliphatic heterocycles. The van der Waals surface area contributed by atoms with Crippen molar-refractivity contribution >= 4 is 11.8 Å². The number of aryl methyl sites for hydroxylation is 2. The SMILES string of the molecule is Cc1ccc(OCC(=O)N2CCC(C(=O)NCCCc3ccccc3)CC2)cc1. The lowest BCUT2D eigenvalue weighted by Gasteiger charge is -2.31. The molecule has 5 heteroatoms. The zero-order chi connectivity index (χ0) is 20.5. The number of piperidine rings is 1. The fraction of sp³-hybridized carbons (Fsp3) is 0.417. The van der Waals surface area contributed by atoms with E-state index in [4.69, 9.17) is 4.74 Å². The van der Waals surface area contributed by atoms with Crippen LogP contribution in [0.4, 0.5) is 0 Å². The van der Waals surface area contributed by atoms with Crippen LogP contribution in [0.1, 0.15) is 30.4 Å². The van der Waals surface area contributed by atoms with E-state index in [-0.39, 0.29) is 24.3 Å². The van der Waals surface area contributed by atoms with Crippen LogP contribution >= 0.6 is 0 Å². The largest absolute Gasteiger partial charge is 0.484 e. The second-order valence-electron chi connectivity index (χ2n) is 7.64. The number of amides is 2. The van der Waals surface area contributed by atoms with Gasteiger partial charge in [0.1, 0.15) is 5.75 Å². The highest BCUT2D eigenvalue weighted by molar-refractivity contribution is 5.80. The molecule has 1 N–H and O–H groups in total. The molecular formula is C24H30N2O3. The van der Waals surface area contributed by atoms with E-state index in [2.05, 4.69) is 17.4 Å². The minimum atomic E-state index is -0.0210. The maximum atomic E-state index is 12.4. The van der Waals surface area contributed by atoms with E-state index < -0.39 is 0 Å². The van der Waals surface area contributed by atoms with Gasteiger partial charge >= 0.3 is 0 Å². The minimum Gasteiger partial charge on any atom is -0.484 e. The Morgan fingerprint density at radius 3 is 2.41 bits per heavy atom. The standard InChI is InChI=1S/C24H30N2O3/c1-19-9-11-22(12-10-19)29-18-23(27)26-16-13-21(14-17-26)24(28)25-15-5-8-20-6-3-2-4-7-20/h2-4,6-7,9-12,21H,5,8,13-18H2,1H3,(H,25,28). The van der Waals surface area contributed by atoms with Crippen LogP contribution in [0.2, 0.25) is 0 Å². The highest BCUT2D eigenvalue weighted by Gasteiger charge is 2.27. The fourth-order valence-electron chi connectivity index (χ4n) is 3.56. The van der Waals surface area contributed by atoms with Gasteiger partial charge in [-0.2, -0.15) is 0 Å². The second-order valence-corrected chi connectivity index (χ2v) is 7.64. The third kappa shape index (κ3) is 6.63. The average molecular weight is 395 g/mol. The first-order chi connectivity index (χ1) is 14.1. The molecule has 1 heterocycles. The average Bonchev–Trinajstić information content (AvgIpc) is 2.77. The van der Waals surface area contributed by atoms with E-state index in [1.165, 1.54) is 5.56 Å². The van der Waals surface area contributed by atoms with Crippen LogP contribution in [0.15, 0.2) is 54.6 Å². The van der Waals surface area contributed by atoms with Crippen LogP contribution in [-0.2, 0) is 16.0 Å². The van der Waals surface area contributed by atoms with Crippen molar-refractivity contribution in [2.45, 2.75) is 32.6 Å². The molecule has 2 aromatic rings. The van der Waals surface area contributed by atoms with Crippen molar-refractivity contribution in [1.82, 2.24) is 10.2 Å². The predicted molar refractivity (Wildman–Crippen MR) is 114 cm³/mol. The van der Waals surface area contributed by atoms with Crippen LogP contribution < -0.4 is 10.1 Å². The maximum Gasteiger partial charge on any atom is 0.260 e. The number of benzene rings is 2. The number of nitrogens with one attached hydrogen (secondary N) is 1. The topological polar surface area (TPSA) is 58.6 Å². The summed E-state index contributed by atoms with van der Waals surface area (Å²) in [6.07, 6.45) is 3.32. The molecule has 5 nitrogen and oxygen atoms in total. The number of carbonyl (C=O) groups excluding carboxylic acids is 2. The van der Waals surface area contributed by atoms with E-state index in [9.17, 15) is 9.59 Å². The molecule has 29 heavy (non-hydrogen) atoms. The third-order valence-corrected chi connectivity index (χ3v) is 5.39. The van der Waals surface area contributed by atoms with Crippen molar-refractivity contribution < 1.29 is 14.3 Å². The Hall–Kier alpha value is -2.82. The van der Waals surface area contributed by atoms with E-state index in [0.717, 1.165) is 18.4 Å². The van der Waals surface area contributed by atoms with Crippen molar-refractivity contribution in [3.63, 3.8) is 0 Å². The highest BCUT2D eigenvalue weighted by atomic mass is 16.5. The number of hydrogen-bond donors (Lipinski definition) is 1. The van der Waals surface area contributed by atoms with Crippen LogP contribution in [0.5, 0.6) is 5.75 Å². The number of rotatable bonds is 8. The van der Waals surface area contributed by atoms with Gasteiger partial charge in [-0.05, 0) is 50.3 Å². The van der Waals surface area contributed by atoms with E-state index >= 15 is 0 Å². The van der Waals surface area contributed by atoms with Crippen LogP contribution in [0.3, 0.4) is 0 Å². The van der Waals surface area contributed by atoms with Gasteiger partial charge in [0.2, 0.25) is 5.91 Å². The molecule has 0 unspecified atom stereocenters. The molecule has 0 spiro atoms. The molecule has 0 atom stereocenters. The first kappa shape index (κ1) is 20.9. The Kier molecular flexibility index (Phi) is 7.68. The summed E-state index contributed by atoms with van der Waals surface area (Å²) in [5.41, 5.74) is 2.45. The summed E-state index contributed by atoms with van der Waals surface area (Å²) in [7, 11) is 0. The van der Waals surface area contributed by atoms with Gasteiger partial charge in [0.15, 0.2) is 6.61 Å². The number of hydrogen-bond acceptors (Lipinski definition) is 3. The zero-order valence-electron chi connectivity index (χ0n) is 17.1. The van der Waals surface area contributed by atoms with Gasteiger partial charge in [-0.25, -0.2) is 0 Å². The van der Waals surface area contributed by atoms with Gasteiger partial charge in [-0.3, -0.25) is 9.59 Å². The Morgan fingerprint density at radius 2 is 1.72 bits per heavy atom. The summed E-state index contributed by atoms with van der Waals surface area (Å²) in [5.74, 6) is 0.788. The quantitative estimate of drug-likeness (QED) is 0.699. The van der Waals surface area contributed by atoms with Crippen molar-refractivity contribution in [3.8, 4) is 5.75 Å². The number of nitrogens with zero attached hydrogens (tertiary/aromatic N) is 1. The Morgan fingerprint density at radius 1 is 1.03 bits per heavy atom. The normalized spacial score (nSPS) is 14.4. The van der Waals surface area contributed by atoms with Crippen LogP contribution in [-0.4, -0.2) is 43.0 Å². The van der Waals surface area contributed by atoms with Crippen LogP contribution in [0.25, 0.3) is 0 Å². The first-order valence-electron chi connectivity index (χ1n) is 10.4. The number of carbonyl (C=O) groups is 2. The monoisotopic (exact) mass is 394 g/mol. The Balaban J connectivity index is 1.32. The molecule has 1 saturated heterocycles. The lowest BCUT2D eigenvalue weighted by Crippen LogP contribution is -2.44. The number of ether oxygens (including phenoxy) is 1. The smallest absolute Gasteiger partial charge is 0.260 e. The van der Waals surface area contributed by atoms with E-state index in [0.29, 0.717) is 38.2 Å². The van der Waals surface area contributed by atoms with Crippen molar-refractivity contribution in [2.75, 3.05) is 26.2 Å². The van der Waals surface area contributed by atoms with Crippen molar-refractivity contribution in [3.05, 3.63) is 65.7 Å². The van der Waals surface area contributed by atoms with E-state index in [1.807, 2.05) is 49.4 Å². The molecule has 0 aromatic heterocycles. The number of likely N-dealkylation sites (tertiary alicyclic amines) is 1. The lowest BCUT2D eigenvalue weighted by molar-refractivity contribution is -0.137. The molecule has 154 valence electrons. The summed E-state index contributed by atoms with van der Waals surface area (Å²) in [6, 6.07) is 18.0. The van der Waals surface area contributed by atoms with Gasteiger partial charge < -0.3 is 15.0 Å². The summed E-state index contributed by atoms with van der Waals surface area (Å²) in [5, 5.41) is 3.05. The highest BCUT2D eigenvalue weighted by Crippen LogP contribution is 2.18. The third-order valence-electron chi connectivity index (χ3n) is 5.39. The minimum absolute atomic E-state index is 0.00575. The predicted octanol–water partition coefficient (Wildman–Crippen LogP) is 3.36. The van der Waals surface area contributed by atoms with Gasteiger partial charge in [0, 0.05) is 25.6 Å².